The fourth-order valence-electron chi connectivity index (χ4n) is 4.45. The third-order valence-electron chi connectivity index (χ3n) is 5.72. The molecule has 4 heteroatoms. The Morgan fingerprint density at radius 3 is 2.76 bits per heavy atom. The van der Waals surface area contributed by atoms with Crippen LogP contribution in [-0.4, -0.2) is 42.6 Å². The molecule has 3 aliphatic rings. The zero-order valence-electron chi connectivity index (χ0n) is 12.7. The fraction of sp³-hybridized carbons (Fsp3) is 0.706. The number of pyridine rings is 1. The van der Waals surface area contributed by atoms with Crippen molar-refractivity contribution < 1.29 is 0 Å². The summed E-state index contributed by atoms with van der Waals surface area (Å²) in [5.41, 5.74) is 3.24. The number of hydrogen-bond acceptors (Lipinski definition) is 3. The first-order valence-electron chi connectivity index (χ1n) is 8.25. The van der Waals surface area contributed by atoms with Crippen LogP contribution in [0.1, 0.15) is 49.3 Å². The highest BCUT2D eigenvalue weighted by Gasteiger charge is 2.42. The van der Waals surface area contributed by atoms with Crippen molar-refractivity contribution in [3.63, 3.8) is 0 Å². The molecule has 3 nitrogen and oxygen atoms in total. The van der Waals surface area contributed by atoms with Gasteiger partial charge in [-0.05, 0) is 69.9 Å². The molecule has 0 spiro atoms. The van der Waals surface area contributed by atoms with Crippen LogP contribution in [0.2, 0.25) is 0 Å². The molecule has 3 saturated heterocycles. The van der Waals surface area contributed by atoms with Crippen LogP contribution in [0.3, 0.4) is 0 Å². The van der Waals surface area contributed by atoms with Gasteiger partial charge in [-0.3, -0.25) is 4.98 Å². The minimum atomic E-state index is 0. The quantitative estimate of drug-likeness (QED) is 0.887. The number of fused-ring (bicyclic) bond motifs is 2. The topological polar surface area (TPSA) is 28.2 Å². The van der Waals surface area contributed by atoms with Crippen molar-refractivity contribution in [2.75, 3.05) is 32.7 Å². The normalized spacial score (nSPS) is 32.7. The average molecular weight is 352 g/mol. The Labute approximate surface area is 138 Å². The number of aromatic nitrogens is 1. The van der Waals surface area contributed by atoms with Crippen molar-refractivity contribution >= 4 is 17.0 Å². The highest BCUT2D eigenvalue weighted by atomic mass is 79.9. The lowest BCUT2D eigenvalue weighted by Crippen LogP contribution is -2.36. The monoisotopic (exact) mass is 351 g/mol. The fourth-order valence-corrected chi connectivity index (χ4v) is 4.45. The summed E-state index contributed by atoms with van der Waals surface area (Å²) in [5.74, 6) is 0.675. The summed E-state index contributed by atoms with van der Waals surface area (Å²) >= 11 is 0. The molecule has 21 heavy (non-hydrogen) atoms. The molecular formula is C17H26BrN3. The highest BCUT2D eigenvalue weighted by Crippen LogP contribution is 2.42. The summed E-state index contributed by atoms with van der Waals surface area (Å²) < 4.78 is 0. The van der Waals surface area contributed by atoms with Crippen molar-refractivity contribution in [2.24, 2.45) is 0 Å². The third kappa shape index (κ3) is 2.90. The lowest BCUT2D eigenvalue weighted by atomic mass is 9.75. The summed E-state index contributed by atoms with van der Waals surface area (Å²) in [7, 11) is 0. The minimum Gasteiger partial charge on any atom is -0.317 e. The number of rotatable bonds is 2. The van der Waals surface area contributed by atoms with Gasteiger partial charge in [0.25, 0.3) is 0 Å². The largest absolute Gasteiger partial charge is 0.317 e. The Morgan fingerprint density at radius 1 is 1.14 bits per heavy atom. The maximum absolute atomic E-state index is 4.84. The zero-order chi connectivity index (χ0) is 13.4. The standard InChI is InChI=1S/C17H25N3.BrH/c1-6-17(7-11-20(10-1)13-17)15-2-3-16(19-12-15)14-4-8-18-9-5-14;/h2-3,12,14,18H,1,4-11,13H2;1H. The molecule has 4 rings (SSSR count). The second-order valence-electron chi connectivity index (χ2n) is 6.91. The number of nitrogens with zero attached hydrogens (tertiary/aromatic N) is 2. The van der Waals surface area contributed by atoms with Gasteiger partial charge in [0, 0.05) is 29.8 Å². The van der Waals surface area contributed by atoms with E-state index in [1.807, 2.05) is 0 Å². The Balaban J connectivity index is 0.00000132. The molecule has 2 unspecified atom stereocenters. The van der Waals surface area contributed by atoms with Crippen molar-refractivity contribution in [1.29, 1.82) is 0 Å². The van der Waals surface area contributed by atoms with E-state index >= 15 is 0 Å². The summed E-state index contributed by atoms with van der Waals surface area (Å²) in [6.45, 7) is 6.15. The zero-order valence-corrected chi connectivity index (χ0v) is 14.4. The lowest BCUT2D eigenvalue weighted by molar-refractivity contribution is 0.243. The van der Waals surface area contributed by atoms with Crippen molar-refractivity contribution in [2.45, 2.75) is 43.4 Å². The smallest absolute Gasteiger partial charge is 0.0435 e. The summed E-state index contributed by atoms with van der Waals surface area (Å²) in [4.78, 5) is 7.47. The van der Waals surface area contributed by atoms with Gasteiger partial charge in [0.1, 0.15) is 0 Å². The van der Waals surface area contributed by atoms with Gasteiger partial charge in [-0.15, -0.1) is 17.0 Å². The molecule has 1 aromatic rings. The van der Waals surface area contributed by atoms with E-state index in [0.717, 1.165) is 13.1 Å². The lowest BCUT2D eigenvalue weighted by Gasteiger charge is -2.34. The molecular weight excluding hydrogens is 326 g/mol. The minimum absolute atomic E-state index is 0. The molecule has 116 valence electrons. The van der Waals surface area contributed by atoms with E-state index in [1.54, 1.807) is 0 Å². The predicted octanol–water partition coefficient (Wildman–Crippen LogP) is 2.86. The van der Waals surface area contributed by atoms with Crippen molar-refractivity contribution in [3.05, 3.63) is 29.6 Å². The Bertz CT molecular complexity index is 465. The molecule has 0 aromatic carbocycles. The Morgan fingerprint density at radius 2 is 2.00 bits per heavy atom. The molecule has 0 saturated carbocycles. The van der Waals surface area contributed by atoms with Gasteiger partial charge < -0.3 is 10.2 Å². The molecule has 0 amide bonds. The second-order valence-corrected chi connectivity index (χ2v) is 6.91. The van der Waals surface area contributed by atoms with E-state index in [9.17, 15) is 0 Å². The van der Waals surface area contributed by atoms with Gasteiger partial charge in [0.15, 0.2) is 0 Å². The first-order chi connectivity index (χ1) is 9.86. The number of hydrogen-bond donors (Lipinski definition) is 1. The van der Waals surface area contributed by atoms with Crippen LogP contribution in [0.15, 0.2) is 18.3 Å². The van der Waals surface area contributed by atoms with Gasteiger partial charge in [0.05, 0.1) is 0 Å². The first-order valence-corrected chi connectivity index (χ1v) is 8.25. The van der Waals surface area contributed by atoms with E-state index in [0.29, 0.717) is 11.3 Å². The van der Waals surface area contributed by atoms with E-state index in [2.05, 4.69) is 28.5 Å². The Kier molecular flexibility index (Phi) is 4.67. The highest BCUT2D eigenvalue weighted by molar-refractivity contribution is 8.93. The molecule has 3 aliphatic heterocycles. The van der Waals surface area contributed by atoms with Crippen LogP contribution >= 0.6 is 17.0 Å². The molecule has 1 aromatic heterocycles. The summed E-state index contributed by atoms with van der Waals surface area (Å²) in [6.07, 6.45) is 8.73. The van der Waals surface area contributed by atoms with Crippen LogP contribution in [0.25, 0.3) is 0 Å². The number of piperidine rings is 2. The van der Waals surface area contributed by atoms with E-state index in [4.69, 9.17) is 4.98 Å². The van der Waals surface area contributed by atoms with E-state index < -0.39 is 0 Å². The average Bonchev–Trinajstić information content (AvgIpc) is 2.84. The maximum Gasteiger partial charge on any atom is 0.0435 e. The summed E-state index contributed by atoms with van der Waals surface area (Å²) in [6, 6.07) is 4.70. The molecule has 1 N–H and O–H groups in total. The summed E-state index contributed by atoms with van der Waals surface area (Å²) in [5, 5.41) is 3.43. The Hall–Kier alpha value is -0.450. The second kappa shape index (κ2) is 6.35. The maximum atomic E-state index is 4.84. The number of halogens is 1. The van der Waals surface area contributed by atoms with Gasteiger partial charge in [-0.1, -0.05) is 6.07 Å². The molecule has 3 fully saturated rings. The first kappa shape index (κ1) is 15.4. The van der Waals surface area contributed by atoms with Crippen molar-refractivity contribution in [1.82, 2.24) is 15.2 Å². The van der Waals surface area contributed by atoms with Crippen LogP contribution in [0, 0.1) is 0 Å². The molecule has 0 radical (unpaired) electrons. The third-order valence-corrected chi connectivity index (χ3v) is 5.72. The van der Waals surface area contributed by atoms with Crippen LogP contribution in [0.4, 0.5) is 0 Å². The predicted molar refractivity (Wildman–Crippen MR) is 91.4 cm³/mol. The SMILES string of the molecule is Br.c1cc(C2CCNCC2)ncc1C12CCCN(CC1)C2. The van der Waals surface area contributed by atoms with Crippen LogP contribution in [-0.2, 0) is 5.41 Å². The van der Waals surface area contributed by atoms with Crippen molar-refractivity contribution in [3.8, 4) is 0 Å². The van der Waals surface area contributed by atoms with Gasteiger partial charge in [-0.2, -0.15) is 0 Å². The van der Waals surface area contributed by atoms with Gasteiger partial charge in [0.2, 0.25) is 0 Å². The van der Waals surface area contributed by atoms with Gasteiger partial charge >= 0.3 is 0 Å². The van der Waals surface area contributed by atoms with E-state index in [1.165, 1.54) is 63.0 Å². The molecule has 2 atom stereocenters. The molecule has 2 bridgehead atoms. The van der Waals surface area contributed by atoms with Crippen LogP contribution in [0.5, 0.6) is 0 Å². The van der Waals surface area contributed by atoms with Crippen LogP contribution < -0.4 is 5.32 Å². The van der Waals surface area contributed by atoms with Gasteiger partial charge in [-0.25, -0.2) is 0 Å². The van der Waals surface area contributed by atoms with E-state index in [-0.39, 0.29) is 17.0 Å². The molecule has 0 aliphatic carbocycles. The number of nitrogens with one attached hydrogen (secondary N) is 1. The molecule has 4 heterocycles.